The first-order valence-electron chi connectivity index (χ1n) is 7.31. The van der Waals surface area contributed by atoms with Crippen LogP contribution in [-0.2, 0) is 16.4 Å². The Morgan fingerprint density at radius 3 is 2.25 bits per heavy atom. The molecule has 3 N–H and O–H groups in total. The number of nitrogens with two attached hydrogens (primary N) is 1. The summed E-state index contributed by atoms with van der Waals surface area (Å²) in [5.41, 5.74) is 7.15. The maximum atomic E-state index is 12.3. The van der Waals surface area contributed by atoms with Crippen LogP contribution in [0.5, 0.6) is 0 Å². The molecule has 0 aliphatic carbocycles. The van der Waals surface area contributed by atoms with Gasteiger partial charge in [0.1, 0.15) is 0 Å². The van der Waals surface area contributed by atoms with Crippen LogP contribution < -0.4 is 10.5 Å². The lowest BCUT2D eigenvalue weighted by atomic mass is 10.1. The van der Waals surface area contributed by atoms with Crippen LogP contribution in [0.4, 0.5) is 0 Å². The van der Waals surface area contributed by atoms with E-state index in [2.05, 4.69) is 0 Å². The number of benzene rings is 2. The second kappa shape index (κ2) is 6.84. The average molecular weight is 346 g/mol. The van der Waals surface area contributed by atoms with E-state index in [1.807, 2.05) is 11.6 Å². The topological polar surface area (TPSA) is 106 Å². The fourth-order valence-electron chi connectivity index (χ4n) is 2.17. The molecule has 126 valence electrons. The van der Waals surface area contributed by atoms with Gasteiger partial charge in [0.15, 0.2) is 0 Å². The Morgan fingerprint density at radius 1 is 1.08 bits per heavy atom. The van der Waals surface area contributed by atoms with Crippen LogP contribution in [0.15, 0.2) is 47.4 Å². The Balaban J connectivity index is 2.29. The number of carbonyl (C=O) groups is 2. The molecule has 0 atom stereocenters. The van der Waals surface area contributed by atoms with Crippen molar-refractivity contribution in [1.29, 1.82) is 0 Å². The van der Waals surface area contributed by atoms with Crippen LogP contribution in [0.1, 0.15) is 38.8 Å². The smallest absolute Gasteiger partial charge is 0.264 e. The largest absolute Gasteiger partial charge is 0.366 e. The van der Waals surface area contributed by atoms with E-state index in [-0.39, 0.29) is 16.0 Å². The minimum absolute atomic E-state index is 0.0950. The lowest BCUT2D eigenvalue weighted by Crippen LogP contribution is -2.30. The number of rotatable bonds is 5. The molecule has 0 aromatic heterocycles. The zero-order valence-electron chi connectivity index (χ0n) is 13.4. The molecule has 0 unspecified atom stereocenters. The van der Waals surface area contributed by atoms with E-state index in [0.29, 0.717) is 5.56 Å². The number of nitrogens with one attached hydrogen (secondary N) is 1. The van der Waals surface area contributed by atoms with Crippen molar-refractivity contribution < 1.29 is 18.0 Å². The fourth-order valence-corrected chi connectivity index (χ4v) is 3.17. The van der Waals surface area contributed by atoms with Gasteiger partial charge in [-0.15, -0.1) is 0 Å². The molecule has 0 saturated heterocycles. The summed E-state index contributed by atoms with van der Waals surface area (Å²) in [6, 6.07) is 10.6. The highest BCUT2D eigenvalue weighted by Gasteiger charge is 2.20. The second-order valence-corrected chi connectivity index (χ2v) is 7.01. The molecule has 0 heterocycles. The van der Waals surface area contributed by atoms with Gasteiger partial charge in [-0.3, -0.25) is 9.59 Å². The Hall–Kier alpha value is -2.67. The van der Waals surface area contributed by atoms with Crippen LogP contribution in [0, 0.1) is 6.92 Å². The molecular formula is C17H18N2O4S. The quantitative estimate of drug-likeness (QED) is 0.860. The van der Waals surface area contributed by atoms with Crippen LogP contribution in [0.3, 0.4) is 0 Å². The van der Waals surface area contributed by atoms with Gasteiger partial charge in [-0.05, 0) is 48.7 Å². The van der Waals surface area contributed by atoms with Crippen molar-refractivity contribution in [2.24, 2.45) is 5.73 Å². The summed E-state index contributed by atoms with van der Waals surface area (Å²) in [4.78, 5) is 23.3. The van der Waals surface area contributed by atoms with Crippen molar-refractivity contribution in [2.45, 2.75) is 25.2 Å². The van der Waals surface area contributed by atoms with E-state index in [1.54, 1.807) is 31.2 Å². The summed E-state index contributed by atoms with van der Waals surface area (Å²) in [7, 11) is -4.10. The van der Waals surface area contributed by atoms with Crippen molar-refractivity contribution >= 4 is 21.8 Å². The zero-order valence-corrected chi connectivity index (χ0v) is 14.2. The van der Waals surface area contributed by atoms with Crippen molar-refractivity contribution in [3.63, 3.8) is 0 Å². The first-order valence-corrected chi connectivity index (χ1v) is 8.79. The van der Waals surface area contributed by atoms with Crippen molar-refractivity contribution in [3.8, 4) is 0 Å². The summed E-state index contributed by atoms with van der Waals surface area (Å²) in [5, 5.41) is 0. The van der Waals surface area contributed by atoms with Crippen LogP contribution in [-0.4, -0.2) is 20.2 Å². The normalized spacial score (nSPS) is 11.1. The molecular weight excluding hydrogens is 328 g/mol. The molecule has 2 amide bonds. The van der Waals surface area contributed by atoms with E-state index in [1.165, 1.54) is 12.1 Å². The predicted molar refractivity (Wildman–Crippen MR) is 90.2 cm³/mol. The molecule has 2 aromatic carbocycles. The first-order chi connectivity index (χ1) is 11.2. The molecule has 0 fully saturated rings. The van der Waals surface area contributed by atoms with Gasteiger partial charge < -0.3 is 5.73 Å². The number of aryl methyl sites for hydroxylation is 2. The third-order valence-electron chi connectivity index (χ3n) is 3.64. The van der Waals surface area contributed by atoms with Gasteiger partial charge >= 0.3 is 0 Å². The average Bonchev–Trinajstić information content (AvgIpc) is 2.54. The molecule has 0 bridgehead atoms. The third kappa shape index (κ3) is 3.80. The Bertz CT molecular complexity index is 887. The van der Waals surface area contributed by atoms with Gasteiger partial charge in [-0.25, -0.2) is 13.1 Å². The van der Waals surface area contributed by atoms with Crippen LogP contribution in [0.25, 0.3) is 0 Å². The number of primary amides is 1. The second-order valence-electron chi connectivity index (χ2n) is 5.33. The lowest BCUT2D eigenvalue weighted by Gasteiger charge is -2.09. The Morgan fingerprint density at radius 2 is 1.71 bits per heavy atom. The number of hydrogen-bond acceptors (Lipinski definition) is 4. The minimum atomic E-state index is -4.10. The zero-order chi connectivity index (χ0) is 17.9. The summed E-state index contributed by atoms with van der Waals surface area (Å²) in [6.45, 7) is 3.62. The van der Waals surface area contributed by atoms with E-state index in [0.717, 1.165) is 18.1 Å². The van der Waals surface area contributed by atoms with Gasteiger partial charge in [-0.2, -0.15) is 0 Å². The molecule has 0 radical (unpaired) electrons. The molecule has 0 saturated carbocycles. The fraction of sp³-hybridized carbons (Fsp3) is 0.176. The summed E-state index contributed by atoms with van der Waals surface area (Å²) in [6.07, 6.45) is 0.819. The first kappa shape index (κ1) is 17.7. The van der Waals surface area contributed by atoms with Crippen molar-refractivity contribution in [2.75, 3.05) is 0 Å². The summed E-state index contributed by atoms with van der Waals surface area (Å²) < 4.78 is 26.7. The number of hydrogen-bond donors (Lipinski definition) is 2. The summed E-state index contributed by atoms with van der Waals surface area (Å²) >= 11 is 0. The number of sulfonamides is 1. The lowest BCUT2D eigenvalue weighted by molar-refractivity contribution is 0.0978. The number of amides is 2. The van der Waals surface area contributed by atoms with Gasteiger partial charge in [0.25, 0.3) is 15.9 Å². The summed E-state index contributed by atoms with van der Waals surface area (Å²) in [5.74, 6) is -1.47. The molecule has 7 heteroatoms. The molecule has 24 heavy (non-hydrogen) atoms. The van der Waals surface area contributed by atoms with Crippen LogP contribution >= 0.6 is 0 Å². The molecule has 2 rings (SSSR count). The van der Waals surface area contributed by atoms with Gasteiger partial charge in [0, 0.05) is 11.1 Å². The Kier molecular flexibility index (Phi) is 5.04. The molecule has 6 nitrogen and oxygen atoms in total. The third-order valence-corrected chi connectivity index (χ3v) is 4.96. The monoisotopic (exact) mass is 346 g/mol. The maximum Gasteiger partial charge on any atom is 0.264 e. The van der Waals surface area contributed by atoms with Gasteiger partial charge in [0.05, 0.1) is 4.90 Å². The van der Waals surface area contributed by atoms with Crippen LogP contribution in [0.2, 0.25) is 0 Å². The van der Waals surface area contributed by atoms with Gasteiger partial charge in [-0.1, -0.05) is 25.1 Å². The highest BCUT2D eigenvalue weighted by molar-refractivity contribution is 7.90. The molecule has 2 aromatic rings. The Labute approximate surface area is 140 Å². The minimum Gasteiger partial charge on any atom is -0.366 e. The maximum absolute atomic E-state index is 12.3. The molecule has 0 aliphatic heterocycles. The standard InChI is InChI=1S/C17H18N2O4S/c1-3-12-5-7-13(8-6-12)17(21)19-24(22,23)14-9-4-11(2)15(10-14)16(18)20/h4-10H,3H2,1-2H3,(H2,18,20)(H,19,21). The highest BCUT2D eigenvalue weighted by atomic mass is 32.2. The molecule has 0 aliphatic rings. The SMILES string of the molecule is CCc1ccc(C(=O)NS(=O)(=O)c2ccc(C)c(C(N)=O)c2)cc1. The highest BCUT2D eigenvalue weighted by Crippen LogP contribution is 2.16. The van der Waals surface area contributed by atoms with E-state index in [9.17, 15) is 18.0 Å². The van der Waals surface area contributed by atoms with E-state index < -0.39 is 21.8 Å². The van der Waals surface area contributed by atoms with Gasteiger partial charge in [0.2, 0.25) is 5.91 Å². The molecule has 0 spiro atoms. The number of carbonyl (C=O) groups excluding carboxylic acids is 2. The predicted octanol–water partition coefficient (Wildman–Crippen LogP) is 1.78. The van der Waals surface area contributed by atoms with Crippen molar-refractivity contribution in [3.05, 3.63) is 64.7 Å². The van der Waals surface area contributed by atoms with E-state index in [4.69, 9.17) is 5.73 Å². The van der Waals surface area contributed by atoms with E-state index >= 15 is 0 Å². The van der Waals surface area contributed by atoms with Crippen molar-refractivity contribution in [1.82, 2.24) is 4.72 Å².